The van der Waals surface area contributed by atoms with E-state index >= 15 is 0 Å². The topological polar surface area (TPSA) is 113 Å². The van der Waals surface area contributed by atoms with Gasteiger partial charge in [-0.2, -0.15) is 0 Å². The van der Waals surface area contributed by atoms with Gasteiger partial charge in [0, 0.05) is 36.6 Å². The first kappa shape index (κ1) is 23.5. The molecule has 10 heteroatoms. The number of carbonyl (C=O) groups is 1. The molecular formula is C22H28N4O5S. The van der Waals surface area contributed by atoms with Gasteiger partial charge in [0.2, 0.25) is 15.9 Å². The first-order valence-electron chi connectivity index (χ1n) is 10.6. The van der Waals surface area contributed by atoms with Gasteiger partial charge >= 0.3 is 0 Å². The van der Waals surface area contributed by atoms with Gasteiger partial charge in [-0.05, 0) is 56.0 Å². The summed E-state index contributed by atoms with van der Waals surface area (Å²) in [6, 6.07) is 11.7. The number of piperidine rings is 1. The van der Waals surface area contributed by atoms with Crippen LogP contribution in [0.25, 0.3) is 0 Å². The van der Waals surface area contributed by atoms with E-state index in [9.17, 15) is 23.3 Å². The number of sulfonamides is 1. The fourth-order valence-corrected chi connectivity index (χ4v) is 5.14. The third-order valence-electron chi connectivity index (χ3n) is 5.48. The summed E-state index contributed by atoms with van der Waals surface area (Å²) in [4.78, 5) is 25.9. The highest BCUT2D eigenvalue weighted by molar-refractivity contribution is 7.92. The van der Waals surface area contributed by atoms with Gasteiger partial charge in [-0.3, -0.25) is 19.2 Å². The number of benzene rings is 2. The van der Waals surface area contributed by atoms with Crippen LogP contribution in [0.15, 0.2) is 48.5 Å². The molecule has 1 unspecified atom stereocenters. The molecule has 3 rings (SSSR count). The average Bonchev–Trinajstić information content (AvgIpc) is 2.77. The van der Waals surface area contributed by atoms with E-state index in [0.29, 0.717) is 5.69 Å². The molecule has 172 valence electrons. The number of nitro groups is 1. The summed E-state index contributed by atoms with van der Waals surface area (Å²) in [6.07, 6.45) is 4.73. The number of nitro benzene ring substituents is 1. The second kappa shape index (κ2) is 9.99. The van der Waals surface area contributed by atoms with Crippen molar-refractivity contribution in [3.63, 3.8) is 0 Å². The molecule has 32 heavy (non-hydrogen) atoms. The highest BCUT2D eigenvalue weighted by atomic mass is 32.2. The summed E-state index contributed by atoms with van der Waals surface area (Å²) in [7, 11) is -3.89. The van der Waals surface area contributed by atoms with Crippen molar-refractivity contribution in [1.82, 2.24) is 0 Å². The predicted octanol–water partition coefficient (Wildman–Crippen LogP) is 3.77. The van der Waals surface area contributed by atoms with Crippen molar-refractivity contribution in [2.45, 2.75) is 38.6 Å². The first-order valence-corrected chi connectivity index (χ1v) is 12.4. The molecule has 0 aliphatic carbocycles. The molecule has 1 atom stereocenters. The van der Waals surface area contributed by atoms with Crippen molar-refractivity contribution in [2.75, 3.05) is 33.9 Å². The second-order valence-corrected chi connectivity index (χ2v) is 9.70. The Balaban J connectivity index is 1.82. The van der Waals surface area contributed by atoms with Crippen LogP contribution >= 0.6 is 0 Å². The quantitative estimate of drug-likeness (QED) is 0.474. The third kappa shape index (κ3) is 5.56. The highest BCUT2D eigenvalue weighted by Gasteiger charge is 2.32. The lowest BCUT2D eigenvalue weighted by atomic mass is 10.1. The zero-order valence-electron chi connectivity index (χ0n) is 18.2. The zero-order chi connectivity index (χ0) is 23.3. The molecule has 0 saturated carbocycles. The van der Waals surface area contributed by atoms with Crippen molar-refractivity contribution < 1.29 is 18.1 Å². The van der Waals surface area contributed by atoms with Crippen LogP contribution in [0.2, 0.25) is 0 Å². The number of hydrogen-bond donors (Lipinski definition) is 1. The summed E-state index contributed by atoms with van der Waals surface area (Å²) in [5.74, 6) is -0.504. The van der Waals surface area contributed by atoms with Gasteiger partial charge < -0.3 is 10.2 Å². The summed E-state index contributed by atoms with van der Waals surface area (Å²) < 4.78 is 26.1. The molecule has 9 nitrogen and oxygen atoms in total. The Morgan fingerprint density at radius 2 is 1.81 bits per heavy atom. The summed E-state index contributed by atoms with van der Waals surface area (Å²) in [6.45, 7) is 3.71. The Labute approximate surface area is 188 Å². The fourth-order valence-electron chi connectivity index (χ4n) is 3.94. The Bertz CT molecular complexity index is 1070. The summed E-state index contributed by atoms with van der Waals surface area (Å²) >= 11 is 0. The molecule has 0 aromatic heterocycles. The maximum atomic E-state index is 13.0. The zero-order valence-corrected chi connectivity index (χ0v) is 19.0. The summed E-state index contributed by atoms with van der Waals surface area (Å²) in [5.41, 5.74) is 1.47. The lowest BCUT2D eigenvalue weighted by molar-refractivity contribution is -0.384. The molecule has 1 amide bonds. The van der Waals surface area contributed by atoms with E-state index in [-0.39, 0.29) is 17.8 Å². The van der Waals surface area contributed by atoms with Gasteiger partial charge in [0.1, 0.15) is 6.04 Å². The number of anilines is 3. The van der Waals surface area contributed by atoms with E-state index in [1.54, 1.807) is 19.1 Å². The van der Waals surface area contributed by atoms with Gasteiger partial charge in [0.25, 0.3) is 5.69 Å². The maximum absolute atomic E-state index is 13.0. The van der Waals surface area contributed by atoms with Crippen LogP contribution in [0, 0.1) is 10.1 Å². The molecule has 2 aromatic rings. The van der Waals surface area contributed by atoms with Crippen molar-refractivity contribution in [2.24, 2.45) is 0 Å². The molecule has 1 fully saturated rings. The molecule has 2 aromatic carbocycles. The highest BCUT2D eigenvalue weighted by Crippen LogP contribution is 2.27. The van der Waals surface area contributed by atoms with Gasteiger partial charge in [0.15, 0.2) is 0 Å². The number of carbonyl (C=O) groups excluding carboxylic acids is 1. The predicted molar refractivity (Wildman–Crippen MR) is 126 cm³/mol. The molecule has 1 heterocycles. The minimum absolute atomic E-state index is 0.0733. The largest absolute Gasteiger partial charge is 0.372 e. The lowest BCUT2D eigenvalue weighted by Crippen LogP contribution is -2.47. The van der Waals surface area contributed by atoms with Crippen molar-refractivity contribution >= 4 is 38.7 Å². The van der Waals surface area contributed by atoms with E-state index in [1.807, 2.05) is 12.1 Å². The minimum atomic E-state index is -3.89. The van der Waals surface area contributed by atoms with Gasteiger partial charge in [-0.1, -0.05) is 13.0 Å². The smallest absolute Gasteiger partial charge is 0.271 e. The van der Waals surface area contributed by atoms with Crippen LogP contribution in [0.4, 0.5) is 22.7 Å². The first-order chi connectivity index (χ1) is 15.2. The van der Waals surface area contributed by atoms with Crippen LogP contribution in [0.5, 0.6) is 0 Å². The molecule has 0 bridgehead atoms. The van der Waals surface area contributed by atoms with Crippen LogP contribution in [-0.4, -0.2) is 44.6 Å². The Morgan fingerprint density at radius 1 is 1.16 bits per heavy atom. The standard InChI is InChI=1S/C22H28N4O5S/c1-3-21(25(32(2,30)31)19-8-7-9-20(16-19)26(28)29)22(27)23-17-10-12-18(13-11-17)24-14-5-4-6-15-24/h7-13,16,21H,3-6,14-15H2,1-2H3,(H,23,27). The van der Waals surface area contributed by atoms with Crippen molar-refractivity contribution in [3.05, 3.63) is 58.6 Å². The normalized spacial score (nSPS) is 15.1. The van der Waals surface area contributed by atoms with Crippen molar-refractivity contribution in [3.8, 4) is 0 Å². The van der Waals surface area contributed by atoms with Gasteiger partial charge in [-0.25, -0.2) is 8.42 Å². The third-order valence-corrected chi connectivity index (χ3v) is 6.66. The Morgan fingerprint density at radius 3 is 2.38 bits per heavy atom. The van der Waals surface area contributed by atoms with Crippen LogP contribution in [0.1, 0.15) is 32.6 Å². The lowest BCUT2D eigenvalue weighted by Gasteiger charge is -2.30. The molecule has 1 aliphatic rings. The number of hydrogen-bond acceptors (Lipinski definition) is 6. The maximum Gasteiger partial charge on any atom is 0.271 e. The average molecular weight is 461 g/mol. The van der Waals surface area contributed by atoms with Gasteiger partial charge in [0.05, 0.1) is 16.9 Å². The number of non-ortho nitro benzene ring substituents is 1. The van der Waals surface area contributed by atoms with E-state index in [1.165, 1.54) is 24.6 Å². The molecule has 0 spiro atoms. The van der Waals surface area contributed by atoms with Crippen LogP contribution < -0.4 is 14.5 Å². The monoisotopic (exact) mass is 460 g/mol. The Kier molecular flexibility index (Phi) is 7.34. The van der Waals surface area contributed by atoms with E-state index < -0.39 is 26.9 Å². The number of amides is 1. The minimum Gasteiger partial charge on any atom is -0.372 e. The SMILES string of the molecule is CCC(C(=O)Nc1ccc(N2CCCCC2)cc1)N(c1cccc([N+](=O)[O-])c1)S(C)(=O)=O. The van der Waals surface area contributed by atoms with E-state index in [4.69, 9.17) is 0 Å². The molecule has 1 N–H and O–H groups in total. The molecule has 1 aliphatic heterocycles. The fraction of sp³-hybridized carbons (Fsp3) is 0.409. The van der Waals surface area contributed by atoms with Crippen LogP contribution in [0.3, 0.4) is 0 Å². The summed E-state index contributed by atoms with van der Waals surface area (Å²) in [5, 5.41) is 13.9. The second-order valence-electron chi connectivity index (χ2n) is 7.84. The van der Waals surface area contributed by atoms with Crippen LogP contribution in [-0.2, 0) is 14.8 Å². The molecular weight excluding hydrogens is 432 g/mol. The Hall–Kier alpha value is -3.14. The van der Waals surface area contributed by atoms with E-state index in [0.717, 1.165) is 48.2 Å². The number of nitrogens with one attached hydrogen (secondary N) is 1. The van der Waals surface area contributed by atoms with Gasteiger partial charge in [-0.15, -0.1) is 0 Å². The number of nitrogens with zero attached hydrogens (tertiary/aromatic N) is 3. The van der Waals surface area contributed by atoms with E-state index in [2.05, 4.69) is 10.2 Å². The molecule has 1 saturated heterocycles. The molecule has 0 radical (unpaired) electrons. The van der Waals surface area contributed by atoms with Crippen molar-refractivity contribution in [1.29, 1.82) is 0 Å². The number of rotatable bonds is 8.